The number of nitrogens with zero attached hydrogens (tertiary/aromatic N) is 3. The third-order valence-electron chi connectivity index (χ3n) is 3.39. The molecule has 0 fully saturated rings. The van der Waals surface area contributed by atoms with Gasteiger partial charge in [-0.1, -0.05) is 12.1 Å². The van der Waals surface area contributed by atoms with Gasteiger partial charge in [0.2, 0.25) is 0 Å². The normalized spacial score (nSPS) is 10.8. The zero-order valence-corrected chi connectivity index (χ0v) is 13.2. The fraction of sp³-hybridized carbons (Fsp3) is 0.294. The van der Waals surface area contributed by atoms with Gasteiger partial charge in [0.25, 0.3) is 5.91 Å². The van der Waals surface area contributed by atoms with Crippen LogP contribution in [-0.2, 0) is 6.54 Å². The van der Waals surface area contributed by atoms with Crippen LogP contribution in [0.4, 0.5) is 4.39 Å². The maximum absolute atomic E-state index is 14.0. The van der Waals surface area contributed by atoms with E-state index in [9.17, 15) is 14.3 Å². The number of aromatic nitrogens is 1. The SMILES string of the molecule is CN(C)CCN(Cc1ccccn1)C(=O)c1c(O)cccc1F. The molecule has 2 aromatic rings. The molecule has 23 heavy (non-hydrogen) atoms. The Balaban J connectivity index is 2.27. The predicted octanol–water partition coefficient (Wildman–Crippen LogP) is 2.13. The highest BCUT2D eigenvalue weighted by atomic mass is 19.1. The van der Waals surface area contributed by atoms with Crippen LogP contribution in [0.15, 0.2) is 42.6 Å². The summed E-state index contributed by atoms with van der Waals surface area (Å²) in [6.07, 6.45) is 1.64. The van der Waals surface area contributed by atoms with Crippen molar-refractivity contribution in [1.29, 1.82) is 0 Å². The summed E-state index contributed by atoms with van der Waals surface area (Å²) >= 11 is 0. The average molecular weight is 317 g/mol. The first-order chi connectivity index (χ1) is 11.0. The second-order valence-electron chi connectivity index (χ2n) is 5.49. The zero-order valence-electron chi connectivity index (χ0n) is 13.2. The minimum absolute atomic E-state index is 0.251. The summed E-state index contributed by atoms with van der Waals surface area (Å²) in [5, 5.41) is 9.84. The molecule has 0 saturated carbocycles. The van der Waals surface area contributed by atoms with Gasteiger partial charge in [0.15, 0.2) is 0 Å². The molecule has 1 heterocycles. The summed E-state index contributed by atoms with van der Waals surface area (Å²) in [6.45, 7) is 1.27. The summed E-state index contributed by atoms with van der Waals surface area (Å²) in [7, 11) is 3.79. The van der Waals surface area contributed by atoms with E-state index in [0.717, 1.165) is 6.07 Å². The quantitative estimate of drug-likeness (QED) is 0.887. The van der Waals surface area contributed by atoms with Crippen LogP contribution in [0.3, 0.4) is 0 Å². The predicted molar refractivity (Wildman–Crippen MR) is 85.6 cm³/mol. The fourth-order valence-electron chi connectivity index (χ4n) is 2.14. The van der Waals surface area contributed by atoms with Gasteiger partial charge < -0.3 is 14.9 Å². The Labute approximate surface area is 135 Å². The van der Waals surface area contributed by atoms with Crippen molar-refractivity contribution in [3.8, 4) is 5.75 Å². The largest absolute Gasteiger partial charge is 0.507 e. The van der Waals surface area contributed by atoms with Crippen molar-refractivity contribution in [1.82, 2.24) is 14.8 Å². The molecule has 0 aliphatic heterocycles. The molecule has 0 atom stereocenters. The van der Waals surface area contributed by atoms with Crippen LogP contribution >= 0.6 is 0 Å². The highest BCUT2D eigenvalue weighted by Crippen LogP contribution is 2.22. The third-order valence-corrected chi connectivity index (χ3v) is 3.39. The average Bonchev–Trinajstić information content (AvgIpc) is 2.52. The molecule has 122 valence electrons. The highest BCUT2D eigenvalue weighted by Gasteiger charge is 2.23. The number of rotatable bonds is 6. The number of benzene rings is 1. The lowest BCUT2D eigenvalue weighted by Crippen LogP contribution is -2.37. The number of phenols is 1. The molecule has 6 heteroatoms. The summed E-state index contributed by atoms with van der Waals surface area (Å²) in [6, 6.07) is 9.26. The van der Waals surface area contributed by atoms with Gasteiger partial charge in [0, 0.05) is 19.3 Å². The van der Waals surface area contributed by atoms with E-state index in [1.165, 1.54) is 17.0 Å². The second kappa shape index (κ2) is 7.69. The molecule has 1 amide bonds. The van der Waals surface area contributed by atoms with E-state index in [4.69, 9.17) is 0 Å². The number of likely N-dealkylation sites (N-methyl/N-ethyl adjacent to an activating group) is 1. The Morgan fingerprint density at radius 3 is 2.57 bits per heavy atom. The van der Waals surface area contributed by atoms with Gasteiger partial charge in [-0.3, -0.25) is 9.78 Å². The van der Waals surface area contributed by atoms with E-state index in [0.29, 0.717) is 18.8 Å². The number of hydrogen-bond acceptors (Lipinski definition) is 4. The number of amides is 1. The third kappa shape index (κ3) is 4.50. The van der Waals surface area contributed by atoms with Gasteiger partial charge in [-0.15, -0.1) is 0 Å². The monoisotopic (exact) mass is 317 g/mol. The molecule has 5 nitrogen and oxygen atoms in total. The molecular weight excluding hydrogens is 297 g/mol. The first-order valence-corrected chi connectivity index (χ1v) is 7.30. The number of carbonyl (C=O) groups excluding carboxylic acids is 1. The van der Waals surface area contributed by atoms with Gasteiger partial charge in [-0.05, 0) is 38.4 Å². The van der Waals surface area contributed by atoms with Crippen molar-refractivity contribution in [2.45, 2.75) is 6.54 Å². The van der Waals surface area contributed by atoms with Crippen LogP contribution in [0.25, 0.3) is 0 Å². The molecule has 0 bridgehead atoms. The van der Waals surface area contributed by atoms with Crippen LogP contribution in [0.2, 0.25) is 0 Å². The number of hydrogen-bond donors (Lipinski definition) is 1. The summed E-state index contributed by atoms with van der Waals surface area (Å²) in [4.78, 5) is 20.3. The molecule has 0 unspecified atom stereocenters. The van der Waals surface area contributed by atoms with E-state index in [2.05, 4.69) is 4.98 Å². The molecule has 2 rings (SSSR count). The summed E-state index contributed by atoms with van der Waals surface area (Å²) in [5.74, 6) is -1.63. The number of carbonyl (C=O) groups is 1. The van der Waals surface area contributed by atoms with Crippen molar-refractivity contribution < 1.29 is 14.3 Å². The Morgan fingerprint density at radius 2 is 1.96 bits per heavy atom. The van der Waals surface area contributed by atoms with Crippen LogP contribution in [0.5, 0.6) is 5.75 Å². The van der Waals surface area contributed by atoms with Gasteiger partial charge >= 0.3 is 0 Å². The number of pyridine rings is 1. The Hall–Kier alpha value is -2.47. The van der Waals surface area contributed by atoms with E-state index in [1.54, 1.807) is 18.3 Å². The summed E-state index contributed by atoms with van der Waals surface area (Å²) < 4.78 is 14.0. The molecule has 1 N–H and O–H groups in total. The molecule has 0 radical (unpaired) electrons. The summed E-state index contributed by atoms with van der Waals surface area (Å²) in [5.41, 5.74) is 0.401. The highest BCUT2D eigenvalue weighted by molar-refractivity contribution is 5.97. The van der Waals surface area contributed by atoms with Gasteiger partial charge in [0.05, 0.1) is 12.2 Å². The molecule has 0 saturated heterocycles. The van der Waals surface area contributed by atoms with Crippen molar-refractivity contribution in [2.24, 2.45) is 0 Å². The number of phenolic OH excluding ortho intramolecular Hbond substituents is 1. The zero-order chi connectivity index (χ0) is 16.8. The lowest BCUT2D eigenvalue weighted by Gasteiger charge is -2.24. The maximum Gasteiger partial charge on any atom is 0.261 e. The van der Waals surface area contributed by atoms with E-state index in [-0.39, 0.29) is 17.9 Å². The minimum atomic E-state index is -0.731. The van der Waals surface area contributed by atoms with Crippen LogP contribution in [-0.4, -0.2) is 53.0 Å². The molecule has 1 aromatic heterocycles. The molecule has 1 aromatic carbocycles. The smallest absolute Gasteiger partial charge is 0.261 e. The van der Waals surface area contributed by atoms with Gasteiger partial charge in [-0.25, -0.2) is 4.39 Å². The first kappa shape index (κ1) is 16.9. The van der Waals surface area contributed by atoms with Crippen LogP contribution in [0, 0.1) is 5.82 Å². The Kier molecular flexibility index (Phi) is 5.65. The lowest BCUT2D eigenvalue weighted by atomic mass is 10.1. The first-order valence-electron chi connectivity index (χ1n) is 7.30. The second-order valence-corrected chi connectivity index (χ2v) is 5.49. The molecule has 0 aliphatic rings. The van der Waals surface area contributed by atoms with Crippen molar-refractivity contribution in [2.75, 3.05) is 27.2 Å². The van der Waals surface area contributed by atoms with Gasteiger partial charge in [0.1, 0.15) is 17.1 Å². The fourth-order valence-corrected chi connectivity index (χ4v) is 2.14. The Bertz CT molecular complexity index is 642. The number of aromatic hydroxyl groups is 1. The minimum Gasteiger partial charge on any atom is -0.507 e. The van der Waals surface area contributed by atoms with E-state index in [1.807, 2.05) is 25.1 Å². The maximum atomic E-state index is 14.0. The van der Waals surface area contributed by atoms with Crippen molar-refractivity contribution in [3.63, 3.8) is 0 Å². The topological polar surface area (TPSA) is 56.7 Å². The number of halogens is 1. The van der Waals surface area contributed by atoms with Crippen LogP contribution in [0.1, 0.15) is 16.1 Å². The lowest BCUT2D eigenvalue weighted by molar-refractivity contribution is 0.0722. The van der Waals surface area contributed by atoms with E-state index < -0.39 is 11.7 Å². The van der Waals surface area contributed by atoms with Crippen molar-refractivity contribution in [3.05, 3.63) is 59.7 Å². The molecule has 0 spiro atoms. The Morgan fingerprint density at radius 1 is 1.17 bits per heavy atom. The van der Waals surface area contributed by atoms with Gasteiger partial charge in [-0.2, -0.15) is 0 Å². The molecular formula is C17H20FN3O2. The standard InChI is InChI=1S/C17H20FN3O2/c1-20(2)10-11-21(12-13-6-3-4-9-19-13)17(23)16-14(18)7-5-8-15(16)22/h3-9,22H,10-12H2,1-2H3. The molecule has 0 aliphatic carbocycles. The van der Waals surface area contributed by atoms with E-state index >= 15 is 0 Å². The van der Waals surface area contributed by atoms with Crippen molar-refractivity contribution >= 4 is 5.91 Å². The van der Waals surface area contributed by atoms with Crippen LogP contribution < -0.4 is 0 Å².